The van der Waals surface area contributed by atoms with Crippen LogP contribution in [-0.4, -0.2) is 53.8 Å². The second-order valence-electron chi connectivity index (χ2n) is 13.9. The number of nitrogens with zero attached hydrogens (tertiary/aromatic N) is 3. The molecule has 1 aliphatic carbocycles. The number of aliphatic imine (C=N–C) groups is 1. The largest absolute Gasteiger partial charge is 0.497 e. The number of halogens is 1. The number of guanidine groups is 1. The Morgan fingerprint density at radius 2 is 1.80 bits per heavy atom. The summed E-state index contributed by atoms with van der Waals surface area (Å²) in [5.74, 6) is 2.68. The molecule has 1 aromatic heterocycles. The highest BCUT2D eigenvalue weighted by Crippen LogP contribution is 2.48. The second-order valence-corrected chi connectivity index (χ2v) is 13.9. The van der Waals surface area contributed by atoms with Crippen molar-refractivity contribution in [1.29, 1.82) is 0 Å². The number of piperazine rings is 1. The van der Waals surface area contributed by atoms with Crippen molar-refractivity contribution < 1.29 is 9.13 Å². The van der Waals surface area contributed by atoms with Crippen LogP contribution in [0.3, 0.4) is 0 Å². The predicted octanol–water partition coefficient (Wildman–Crippen LogP) is 6.55. The van der Waals surface area contributed by atoms with Crippen LogP contribution in [0, 0.1) is 29.0 Å². The lowest BCUT2D eigenvalue weighted by molar-refractivity contribution is 0.0266. The highest BCUT2D eigenvalue weighted by Gasteiger charge is 2.44. The Morgan fingerprint density at radius 3 is 2.48 bits per heavy atom. The second kappa shape index (κ2) is 12.9. The van der Waals surface area contributed by atoms with Crippen LogP contribution in [0.4, 0.5) is 10.1 Å². The molecule has 44 heavy (non-hydrogen) atoms. The topological polar surface area (TPSA) is 70.9 Å². The number of aryl methyl sites for hydroxylation is 2. The van der Waals surface area contributed by atoms with E-state index in [-0.39, 0.29) is 22.8 Å². The van der Waals surface area contributed by atoms with Crippen LogP contribution in [-0.2, 0) is 13.0 Å². The van der Waals surface area contributed by atoms with E-state index >= 15 is 0 Å². The number of nitrogens with one attached hydrogen (secondary N) is 2. The molecular formula is C36H50FN5O2. The summed E-state index contributed by atoms with van der Waals surface area (Å²) < 4.78 is 21.2. The standard InChI is InChI=1S/C36H50FN5O2/c1-22-17-33(25(4)26(5)36(22,6)7)40-35(42-20-23(2)38-24(3)21-42)39-29-10-12-31-28(18-29)14-16-41(34(31)43)15-13-27-9-11-30(44-8)19-32(27)37/h9-12,14,16,18-19,22-26,33,38H,13,15,17,20-21H2,1-8H3,(H,39,40)/t22-,23-,24+,25+,26+,33+/m1/s1. The molecule has 2 heterocycles. The van der Waals surface area contributed by atoms with E-state index in [1.807, 2.05) is 24.3 Å². The van der Waals surface area contributed by atoms with Gasteiger partial charge in [-0.1, -0.05) is 40.7 Å². The maximum Gasteiger partial charge on any atom is 0.258 e. The number of pyridine rings is 1. The molecule has 0 spiro atoms. The third-order valence-electron chi connectivity index (χ3n) is 10.7. The SMILES string of the molecule is COc1ccc(CCn2ccc3cc(NC(=N[C@H]4C[C@@H](C)C(C)(C)[C@@H](C)[C@@H]4C)N4C[C@@H](C)N[C@@H](C)C4)ccc3c2=O)c(F)c1. The number of hydrogen-bond donors (Lipinski definition) is 2. The lowest BCUT2D eigenvalue weighted by Crippen LogP contribution is -2.57. The van der Waals surface area contributed by atoms with Gasteiger partial charge in [0, 0.05) is 55.1 Å². The minimum Gasteiger partial charge on any atom is -0.497 e. The van der Waals surface area contributed by atoms with E-state index < -0.39 is 0 Å². The van der Waals surface area contributed by atoms with Crippen molar-refractivity contribution >= 4 is 22.4 Å². The molecule has 1 saturated carbocycles. The van der Waals surface area contributed by atoms with Gasteiger partial charge in [-0.05, 0) is 91.1 Å². The molecule has 3 aromatic rings. The van der Waals surface area contributed by atoms with Crippen LogP contribution in [0.25, 0.3) is 10.8 Å². The van der Waals surface area contributed by atoms with Crippen molar-refractivity contribution in [1.82, 2.24) is 14.8 Å². The summed E-state index contributed by atoms with van der Waals surface area (Å²) in [4.78, 5) is 21.2. The van der Waals surface area contributed by atoms with Gasteiger partial charge in [0.15, 0.2) is 5.96 Å². The van der Waals surface area contributed by atoms with Crippen molar-refractivity contribution in [3.05, 3.63) is 70.4 Å². The summed E-state index contributed by atoms with van der Waals surface area (Å²) >= 11 is 0. The number of methoxy groups -OCH3 is 1. The van der Waals surface area contributed by atoms with Gasteiger partial charge < -0.3 is 24.8 Å². The van der Waals surface area contributed by atoms with Gasteiger partial charge in [0.05, 0.1) is 13.2 Å². The van der Waals surface area contributed by atoms with Gasteiger partial charge in [-0.3, -0.25) is 4.79 Å². The highest BCUT2D eigenvalue weighted by molar-refractivity contribution is 5.96. The zero-order chi connectivity index (χ0) is 31.8. The minimum absolute atomic E-state index is 0.0803. The monoisotopic (exact) mass is 603 g/mol. The Hall–Kier alpha value is -3.39. The van der Waals surface area contributed by atoms with Gasteiger partial charge in [-0.25, -0.2) is 9.38 Å². The summed E-state index contributed by atoms with van der Waals surface area (Å²) in [5, 5.41) is 8.83. The number of fused-ring (bicyclic) bond motifs is 1. The first-order valence-electron chi connectivity index (χ1n) is 16.2. The summed E-state index contributed by atoms with van der Waals surface area (Å²) in [6.07, 6.45) is 3.29. The molecule has 2 fully saturated rings. The molecule has 5 rings (SSSR count). The fourth-order valence-electron chi connectivity index (χ4n) is 7.13. The maximum absolute atomic E-state index is 14.5. The number of anilines is 1. The molecule has 238 valence electrons. The van der Waals surface area contributed by atoms with Crippen molar-refractivity contribution in [3.63, 3.8) is 0 Å². The van der Waals surface area contributed by atoms with E-state index in [1.54, 1.807) is 22.9 Å². The summed E-state index contributed by atoms with van der Waals surface area (Å²) in [6, 6.07) is 13.6. The fraction of sp³-hybridized carbons (Fsp3) is 0.556. The van der Waals surface area contributed by atoms with E-state index in [9.17, 15) is 9.18 Å². The summed E-state index contributed by atoms with van der Waals surface area (Å²) in [6.45, 7) is 18.5. The molecule has 6 atom stereocenters. The normalized spacial score (nSPS) is 27.4. The quantitative estimate of drug-likeness (QED) is 0.247. The van der Waals surface area contributed by atoms with E-state index in [0.29, 0.717) is 59.5 Å². The van der Waals surface area contributed by atoms with Gasteiger partial charge in [0.2, 0.25) is 0 Å². The minimum atomic E-state index is -0.324. The third-order valence-corrected chi connectivity index (χ3v) is 10.7. The van der Waals surface area contributed by atoms with E-state index in [0.717, 1.165) is 36.5 Å². The van der Waals surface area contributed by atoms with Gasteiger partial charge in [-0.15, -0.1) is 0 Å². The third kappa shape index (κ3) is 6.65. The molecule has 7 nitrogen and oxygen atoms in total. The lowest BCUT2D eigenvalue weighted by atomic mass is 9.58. The van der Waals surface area contributed by atoms with E-state index in [2.05, 4.69) is 64.0 Å². The van der Waals surface area contributed by atoms with Gasteiger partial charge in [0.25, 0.3) is 5.56 Å². The van der Waals surface area contributed by atoms with Crippen LogP contribution >= 0.6 is 0 Å². The summed E-state index contributed by atoms with van der Waals surface area (Å²) in [7, 11) is 1.52. The Bertz CT molecular complexity index is 1560. The maximum atomic E-state index is 14.5. The zero-order valence-corrected chi connectivity index (χ0v) is 27.7. The molecule has 1 saturated heterocycles. The van der Waals surface area contributed by atoms with Crippen LogP contribution < -0.4 is 20.9 Å². The van der Waals surface area contributed by atoms with Crippen LogP contribution in [0.15, 0.2) is 58.4 Å². The molecule has 0 bridgehead atoms. The average Bonchev–Trinajstić information content (AvgIpc) is 2.98. The molecule has 0 radical (unpaired) electrons. The first kappa shape index (κ1) is 32.0. The number of ether oxygens (including phenoxy) is 1. The van der Waals surface area contributed by atoms with Gasteiger partial charge in [0.1, 0.15) is 11.6 Å². The fourth-order valence-corrected chi connectivity index (χ4v) is 7.13. The molecule has 2 aromatic carbocycles. The molecule has 2 N–H and O–H groups in total. The first-order chi connectivity index (χ1) is 20.9. The number of benzene rings is 2. The molecule has 0 amide bonds. The van der Waals surface area contributed by atoms with Crippen LogP contribution in [0.5, 0.6) is 5.75 Å². The predicted molar refractivity (Wildman–Crippen MR) is 179 cm³/mol. The number of aromatic nitrogens is 1. The highest BCUT2D eigenvalue weighted by atomic mass is 19.1. The lowest BCUT2D eigenvalue weighted by Gasteiger charge is -2.49. The van der Waals surface area contributed by atoms with E-state index in [1.165, 1.54) is 13.2 Å². The molecule has 8 heteroatoms. The van der Waals surface area contributed by atoms with Crippen molar-refractivity contribution in [2.45, 2.75) is 86.0 Å². The zero-order valence-electron chi connectivity index (χ0n) is 27.7. The molecule has 0 unspecified atom stereocenters. The van der Waals surface area contributed by atoms with Crippen LogP contribution in [0.1, 0.15) is 60.5 Å². The Labute approximate surface area is 261 Å². The number of rotatable bonds is 6. The van der Waals surface area contributed by atoms with Crippen molar-refractivity contribution in [2.24, 2.45) is 28.2 Å². The Kier molecular flexibility index (Phi) is 9.40. The number of hydrogen-bond acceptors (Lipinski definition) is 4. The molecule has 1 aliphatic heterocycles. The Balaban J connectivity index is 1.40. The van der Waals surface area contributed by atoms with E-state index in [4.69, 9.17) is 9.73 Å². The van der Waals surface area contributed by atoms with Gasteiger partial charge >= 0.3 is 0 Å². The van der Waals surface area contributed by atoms with Gasteiger partial charge in [-0.2, -0.15) is 0 Å². The van der Waals surface area contributed by atoms with Crippen molar-refractivity contribution in [3.8, 4) is 5.75 Å². The summed E-state index contributed by atoms with van der Waals surface area (Å²) in [5.41, 5.74) is 1.67. The smallest absolute Gasteiger partial charge is 0.258 e. The van der Waals surface area contributed by atoms with Crippen LogP contribution in [0.2, 0.25) is 0 Å². The Morgan fingerprint density at radius 1 is 1.07 bits per heavy atom. The first-order valence-corrected chi connectivity index (χ1v) is 16.2. The van der Waals surface area contributed by atoms with Crippen molar-refractivity contribution in [2.75, 3.05) is 25.5 Å². The molecular weight excluding hydrogens is 553 g/mol. The molecule has 2 aliphatic rings. The average molecular weight is 604 g/mol.